The summed E-state index contributed by atoms with van der Waals surface area (Å²) in [4.78, 5) is 53.2. The predicted octanol–water partition coefficient (Wildman–Crippen LogP) is 1.06. The molecule has 32 heavy (non-hydrogen) atoms. The van der Waals surface area contributed by atoms with Crippen molar-refractivity contribution in [2.45, 2.75) is 32.0 Å². The van der Waals surface area contributed by atoms with Crippen molar-refractivity contribution in [2.75, 3.05) is 18.9 Å². The van der Waals surface area contributed by atoms with E-state index in [1.165, 1.54) is 0 Å². The Morgan fingerprint density at radius 2 is 1.94 bits per heavy atom. The molecule has 2 aromatic carbocycles. The molecule has 3 heterocycles. The van der Waals surface area contributed by atoms with Crippen LogP contribution in [0.1, 0.15) is 44.7 Å². The molecule has 1 fully saturated rings. The van der Waals surface area contributed by atoms with E-state index in [-0.39, 0.29) is 18.4 Å². The quantitative estimate of drug-likeness (QED) is 0.547. The van der Waals surface area contributed by atoms with Gasteiger partial charge in [0.2, 0.25) is 11.8 Å². The van der Waals surface area contributed by atoms with Crippen molar-refractivity contribution in [1.29, 1.82) is 0 Å². The normalized spacial score (nSPS) is 21.0. The molecule has 164 valence electrons. The van der Waals surface area contributed by atoms with Crippen molar-refractivity contribution in [3.8, 4) is 5.75 Å². The van der Waals surface area contributed by atoms with Gasteiger partial charge in [0.15, 0.2) is 0 Å². The third-order valence-electron chi connectivity index (χ3n) is 6.10. The summed E-state index contributed by atoms with van der Waals surface area (Å²) in [7, 11) is 0. The highest BCUT2D eigenvalue weighted by Crippen LogP contribution is 2.32. The first-order valence-electron chi connectivity index (χ1n) is 10.5. The summed E-state index contributed by atoms with van der Waals surface area (Å²) in [6.07, 6.45) is 0.225. The summed E-state index contributed by atoms with van der Waals surface area (Å²) in [5.41, 5.74) is 8.82. The first-order valence-corrected chi connectivity index (χ1v) is 10.5. The van der Waals surface area contributed by atoms with Crippen LogP contribution in [0.5, 0.6) is 5.75 Å². The Morgan fingerprint density at radius 3 is 2.75 bits per heavy atom. The first-order chi connectivity index (χ1) is 15.4. The number of nitrogen functional groups attached to an aromatic ring is 1. The fraction of sp³-hybridized carbons (Fsp3) is 0.304. The summed E-state index contributed by atoms with van der Waals surface area (Å²) >= 11 is 0. The largest absolute Gasteiger partial charge is 0.492 e. The fourth-order valence-corrected chi connectivity index (χ4v) is 4.53. The van der Waals surface area contributed by atoms with Crippen LogP contribution in [0.25, 0.3) is 0 Å². The van der Waals surface area contributed by atoms with Crippen LogP contribution in [0.3, 0.4) is 0 Å². The van der Waals surface area contributed by atoms with Gasteiger partial charge in [0.25, 0.3) is 11.8 Å². The number of anilines is 1. The lowest BCUT2D eigenvalue weighted by Crippen LogP contribution is -2.54. The van der Waals surface area contributed by atoms with Crippen LogP contribution < -0.4 is 15.8 Å². The number of ether oxygens (including phenoxy) is 1. The fourth-order valence-electron chi connectivity index (χ4n) is 4.53. The SMILES string of the molecule is Nc1ccc2c(c1)OCCN(Cc1cccc3c1C(=O)N(C1CCC(=O)NC1=O)C3=O)C2. The molecule has 3 aliphatic heterocycles. The number of nitrogens with two attached hydrogens (primary N) is 1. The van der Waals surface area contributed by atoms with Crippen LogP contribution in [0.4, 0.5) is 5.69 Å². The van der Waals surface area contributed by atoms with Crippen molar-refractivity contribution in [3.05, 3.63) is 58.7 Å². The van der Waals surface area contributed by atoms with Gasteiger partial charge in [0.05, 0.1) is 11.1 Å². The van der Waals surface area contributed by atoms with Gasteiger partial charge in [-0.05, 0) is 24.1 Å². The Bertz CT molecular complexity index is 1160. The molecular weight excluding hydrogens is 412 g/mol. The van der Waals surface area contributed by atoms with E-state index >= 15 is 0 Å². The minimum Gasteiger partial charge on any atom is -0.492 e. The monoisotopic (exact) mass is 434 g/mol. The molecule has 0 spiro atoms. The molecular formula is C23H22N4O5. The number of benzene rings is 2. The van der Waals surface area contributed by atoms with Crippen molar-refractivity contribution in [1.82, 2.24) is 15.1 Å². The summed E-state index contributed by atoms with van der Waals surface area (Å²) in [5, 5.41) is 2.22. The van der Waals surface area contributed by atoms with E-state index in [2.05, 4.69) is 10.2 Å². The lowest BCUT2D eigenvalue weighted by atomic mass is 10.0. The maximum Gasteiger partial charge on any atom is 0.262 e. The van der Waals surface area contributed by atoms with E-state index in [4.69, 9.17) is 10.5 Å². The van der Waals surface area contributed by atoms with Crippen molar-refractivity contribution < 1.29 is 23.9 Å². The number of nitrogens with one attached hydrogen (secondary N) is 1. The lowest BCUT2D eigenvalue weighted by molar-refractivity contribution is -0.136. The number of hydrogen-bond donors (Lipinski definition) is 2. The number of rotatable bonds is 3. The Hall–Kier alpha value is -3.72. The molecule has 0 aliphatic carbocycles. The number of hydrogen-bond acceptors (Lipinski definition) is 7. The van der Waals surface area contributed by atoms with Gasteiger partial charge in [0.1, 0.15) is 18.4 Å². The van der Waals surface area contributed by atoms with E-state index in [0.29, 0.717) is 37.5 Å². The zero-order chi connectivity index (χ0) is 22.4. The van der Waals surface area contributed by atoms with Gasteiger partial charge >= 0.3 is 0 Å². The second kappa shape index (κ2) is 7.76. The molecule has 1 unspecified atom stereocenters. The van der Waals surface area contributed by atoms with Crippen LogP contribution in [0.2, 0.25) is 0 Å². The second-order valence-electron chi connectivity index (χ2n) is 8.21. The van der Waals surface area contributed by atoms with E-state index in [1.54, 1.807) is 18.2 Å². The molecule has 3 aliphatic rings. The van der Waals surface area contributed by atoms with Gasteiger partial charge in [-0.1, -0.05) is 18.2 Å². The molecule has 0 bridgehead atoms. The maximum atomic E-state index is 13.3. The highest BCUT2D eigenvalue weighted by molar-refractivity contribution is 6.24. The summed E-state index contributed by atoms with van der Waals surface area (Å²) in [6, 6.07) is 9.76. The Morgan fingerprint density at radius 1 is 1.09 bits per heavy atom. The molecule has 1 atom stereocenters. The number of fused-ring (bicyclic) bond motifs is 2. The number of imide groups is 2. The zero-order valence-electron chi connectivity index (χ0n) is 17.3. The molecule has 0 aromatic heterocycles. The van der Waals surface area contributed by atoms with Gasteiger partial charge in [-0.25, -0.2) is 0 Å². The molecule has 9 nitrogen and oxygen atoms in total. The smallest absolute Gasteiger partial charge is 0.262 e. The number of carbonyl (C=O) groups is 4. The molecule has 2 aromatic rings. The number of amides is 4. The van der Waals surface area contributed by atoms with Gasteiger partial charge < -0.3 is 10.5 Å². The standard InChI is InChI=1S/C23H22N4O5/c24-15-5-4-13-11-26(8-9-32-18(13)10-15)12-14-2-1-3-16-20(14)23(31)27(22(16)30)17-6-7-19(28)25-21(17)29/h1-5,10,17H,6-9,11-12,24H2,(H,25,28,29). The summed E-state index contributed by atoms with van der Waals surface area (Å²) < 4.78 is 5.82. The molecule has 0 radical (unpaired) electrons. The summed E-state index contributed by atoms with van der Waals surface area (Å²) in [5.74, 6) is -1.25. The number of carbonyl (C=O) groups excluding carboxylic acids is 4. The third kappa shape index (κ3) is 3.40. The second-order valence-corrected chi connectivity index (χ2v) is 8.21. The Labute approximate surface area is 184 Å². The van der Waals surface area contributed by atoms with E-state index in [0.717, 1.165) is 21.8 Å². The minimum atomic E-state index is -0.975. The molecule has 3 N–H and O–H groups in total. The van der Waals surface area contributed by atoms with Gasteiger partial charge in [-0.2, -0.15) is 0 Å². The average Bonchev–Trinajstić information content (AvgIpc) is 2.89. The molecule has 0 saturated carbocycles. The summed E-state index contributed by atoms with van der Waals surface area (Å²) in [6.45, 7) is 2.16. The van der Waals surface area contributed by atoms with E-state index < -0.39 is 29.7 Å². The molecule has 4 amide bonds. The van der Waals surface area contributed by atoms with Crippen LogP contribution in [-0.4, -0.2) is 52.6 Å². The Kier molecular flexibility index (Phi) is 4.90. The first kappa shape index (κ1) is 20.2. The zero-order valence-corrected chi connectivity index (χ0v) is 17.3. The lowest BCUT2D eigenvalue weighted by Gasteiger charge is -2.28. The van der Waals surface area contributed by atoms with E-state index in [9.17, 15) is 19.2 Å². The predicted molar refractivity (Wildman–Crippen MR) is 114 cm³/mol. The van der Waals surface area contributed by atoms with Gasteiger partial charge in [-0.15, -0.1) is 0 Å². The highest BCUT2D eigenvalue weighted by Gasteiger charge is 2.45. The number of piperidine rings is 1. The molecule has 1 saturated heterocycles. The van der Waals surface area contributed by atoms with Crippen molar-refractivity contribution in [3.63, 3.8) is 0 Å². The van der Waals surface area contributed by atoms with Gasteiger partial charge in [0, 0.05) is 43.4 Å². The van der Waals surface area contributed by atoms with E-state index in [1.807, 2.05) is 18.2 Å². The topological polar surface area (TPSA) is 122 Å². The molecule has 9 heteroatoms. The van der Waals surface area contributed by atoms with Crippen molar-refractivity contribution in [2.24, 2.45) is 0 Å². The minimum absolute atomic E-state index is 0.0916. The maximum absolute atomic E-state index is 13.3. The third-order valence-corrected chi connectivity index (χ3v) is 6.10. The van der Waals surface area contributed by atoms with Crippen LogP contribution in [-0.2, 0) is 22.7 Å². The number of nitrogens with zero attached hydrogens (tertiary/aromatic N) is 2. The van der Waals surface area contributed by atoms with Gasteiger partial charge in [-0.3, -0.25) is 34.3 Å². The van der Waals surface area contributed by atoms with Crippen LogP contribution in [0.15, 0.2) is 36.4 Å². The average molecular weight is 434 g/mol. The highest BCUT2D eigenvalue weighted by atomic mass is 16.5. The molecule has 5 rings (SSSR count). The van der Waals surface area contributed by atoms with Crippen LogP contribution in [0, 0.1) is 0 Å². The van der Waals surface area contributed by atoms with Crippen molar-refractivity contribution >= 4 is 29.3 Å². The van der Waals surface area contributed by atoms with Crippen LogP contribution >= 0.6 is 0 Å². The Balaban J connectivity index is 1.41.